The van der Waals surface area contributed by atoms with Crippen molar-refractivity contribution in [1.29, 1.82) is 0 Å². The van der Waals surface area contributed by atoms with Gasteiger partial charge in [0, 0.05) is 12.8 Å². The lowest BCUT2D eigenvalue weighted by atomic mass is 10.0. The average molecular weight is 978 g/mol. The maximum atomic E-state index is 12.8. The molecule has 10 heteroatoms. The molecule has 398 valence electrons. The zero-order valence-electron chi connectivity index (χ0n) is 45.1. The summed E-state index contributed by atoms with van der Waals surface area (Å²) in [5.74, 6) is -0.824. The molecule has 0 saturated heterocycles. The number of unbranched alkanes of at least 4 members (excludes halogenated alkanes) is 30. The first-order valence-electron chi connectivity index (χ1n) is 28.3. The van der Waals surface area contributed by atoms with Crippen molar-refractivity contribution in [2.24, 2.45) is 0 Å². The van der Waals surface area contributed by atoms with Gasteiger partial charge in [0.25, 0.3) is 7.82 Å². The molecule has 0 aromatic rings. The smallest absolute Gasteiger partial charge is 0.306 e. The highest BCUT2D eigenvalue weighted by molar-refractivity contribution is 7.45. The molecule has 0 aliphatic rings. The van der Waals surface area contributed by atoms with E-state index in [1.165, 1.54) is 161 Å². The van der Waals surface area contributed by atoms with Gasteiger partial charge >= 0.3 is 11.9 Å². The molecule has 0 radical (unpaired) electrons. The van der Waals surface area contributed by atoms with Crippen LogP contribution in [0.2, 0.25) is 0 Å². The van der Waals surface area contributed by atoms with Crippen molar-refractivity contribution in [3.05, 3.63) is 48.6 Å². The number of phosphoric acid groups is 1. The lowest BCUT2D eigenvalue weighted by Gasteiger charge is -2.28. The van der Waals surface area contributed by atoms with Crippen LogP contribution in [-0.4, -0.2) is 70.0 Å². The van der Waals surface area contributed by atoms with E-state index in [1.807, 2.05) is 21.1 Å². The number of ether oxygens (including phenoxy) is 2. The minimum absolute atomic E-state index is 0.0304. The molecule has 9 nitrogen and oxygen atoms in total. The Balaban J connectivity index is 4.16. The van der Waals surface area contributed by atoms with Crippen LogP contribution in [0.4, 0.5) is 0 Å². The molecule has 0 saturated carbocycles. The summed E-state index contributed by atoms with van der Waals surface area (Å²) in [6.45, 7) is 4.16. The number of carbonyl (C=O) groups is 2. The maximum Gasteiger partial charge on any atom is 0.306 e. The third-order valence-electron chi connectivity index (χ3n) is 12.4. The van der Waals surface area contributed by atoms with Gasteiger partial charge in [-0.15, -0.1) is 0 Å². The lowest BCUT2D eigenvalue weighted by molar-refractivity contribution is -0.870. The number of allylic oxidation sites excluding steroid dienone is 8. The molecular weight excluding hydrogens is 870 g/mol. The number of quaternary nitrogens is 1. The van der Waals surface area contributed by atoms with E-state index >= 15 is 0 Å². The van der Waals surface area contributed by atoms with E-state index in [4.69, 9.17) is 18.5 Å². The first kappa shape index (κ1) is 66.0. The summed E-state index contributed by atoms with van der Waals surface area (Å²) in [5.41, 5.74) is 0. The van der Waals surface area contributed by atoms with Gasteiger partial charge in [0.15, 0.2) is 6.10 Å². The third-order valence-corrected chi connectivity index (χ3v) is 13.3. The Morgan fingerprint density at radius 3 is 1.25 bits per heavy atom. The van der Waals surface area contributed by atoms with Gasteiger partial charge in [-0.05, 0) is 51.4 Å². The van der Waals surface area contributed by atoms with Gasteiger partial charge in [-0.3, -0.25) is 14.2 Å². The van der Waals surface area contributed by atoms with Crippen LogP contribution in [0.15, 0.2) is 48.6 Å². The van der Waals surface area contributed by atoms with Crippen LogP contribution in [0.1, 0.15) is 258 Å². The van der Waals surface area contributed by atoms with Crippen LogP contribution in [0.3, 0.4) is 0 Å². The van der Waals surface area contributed by atoms with Crippen LogP contribution in [-0.2, 0) is 32.7 Å². The van der Waals surface area contributed by atoms with Gasteiger partial charge in [-0.25, -0.2) is 0 Å². The van der Waals surface area contributed by atoms with E-state index in [1.54, 1.807) is 0 Å². The highest BCUT2D eigenvalue weighted by Gasteiger charge is 2.22. The Hall–Kier alpha value is -2.03. The van der Waals surface area contributed by atoms with Crippen molar-refractivity contribution < 1.29 is 42.1 Å². The van der Waals surface area contributed by atoms with Crippen LogP contribution >= 0.6 is 7.82 Å². The van der Waals surface area contributed by atoms with E-state index in [9.17, 15) is 19.0 Å². The van der Waals surface area contributed by atoms with Crippen LogP contribution in [0.5, 0.6) is 0 Å². The predicted octanol–water partition coefficient (Wildman–Crippen LogP) is 16.7. The summed E-state index contributed by atoms with van der Waals surface area (Å²) in [7, 11) is 1.17. The van der Waals surface area contributed by atoms with Gasteiger partial charge < -0.3 is 27.9 Å². The minimum Gasteiger partial charge on any atom is -0.756 e. The second kappa shape index (κ2) is 49.9. The highest BCUT2D eigenvalue weighted by atomic mass is 31.2. The molecule has 0 aromatic heterocycles. The SMILES string of the molecule is CC/C=C\C/C=C\C/C=C\C/C=C\CCCCCCCCCCCCCCC(=O)OC(COC(=O)CCCCCCCCCCCCCCCCCCCCC)COP(=O)([O-])OCC[N+](C)(C)C. The van der Waals surface area contributed by atoms with E-state index in [0.717, 1.165) is 64.2 Å². The van der Waals surface area contributed by atoms with Crippen LogP contribution in [0.25, 0.3) is 0 Å². The van der Waals surface area contributed by atoms with Gasteiger partial charge in [0.2, 0.25) is 0 Å². The Labute approximate surface area is 420 Å². The van der Waals surface area contributed by atoms with Gasteiger partial charge in [-0.2, -0.15) is 0 Å². The zero-order valence-corrected chi connectivity index (χ0v) is 45.9. The van der Waals surface area contributed by atoms with Crippen LogP contribution < -0.4 is 4.89 Å². The summed E-state index contributed by atoms with van der Waals surface area (Å²) in [4.78, 5) is 37.8. The van der Waals surface area contributed by atoms with Gasteiger partial charge in [0.1, 0.15) is 19.8 Å². The number of likely N-dealkylation sites (N-methyl/N-ethyl adjacent to an activating group) is 1. The fourth-order valence-corrected chi connectivity index (χ4v) is 8.73. The van der Waals surface area contributed by atoms with E-state index < -0.39 is 26.5 Å². The second-order valence-corrected chi connectivity index (χ2v) is 21.7. The highest BCUT2D eigenvalue weighted by Crippen LogP contribution is 2.38. The predicted molar refractivity (Wildman–Crippen MR) is 287 cm³/mol. The first-order chi connectivity index (χ1) is 33.0. The summed E-state index contributed by atoms with van der Waals surface area (Å²) >= 11 is 0. The van der Waals surface area contributed by atoms with E-state index in [0.29, 0.717) is 17.4 Å². The Morgan fingerprint density at radius 1 is 0.471 bits per heavy atom. The fourth-order valence-electron chi connectivity index (χ4n) is 8.00. The van der Waals surface area contributed by atoms with Gasteiger partial charge in [0.05, 0.1) is 27.7 Å². The minimum atomic E-state index is -4.63. The summed E-state index contributed by atoms with van der Waals surface area (Å²) < 4.78 is 34.2. The average Bonchev–Trinajstić information content (AvgIpc) is 3.30. The number of esters is 2. The molecular formula is C58H108NO8P. The molecule has 0 aromatic carbocycles. The zero-order chi connectivity index (χ0) is 49.9. The van der Waals surface area contributed by atoms with Crippen molar-refractivity contribution in [1.82, 2.24) is 0 Å². The number of nitrogens with zero attached hydrogens (tertiary/aromatic N) is 1. The molecule has 0 aliphatic heterocycles. The molecule has 0 aliphatic carbocycles. The number of rotatable bonds is 52. The maximum absolute atomic E-state index is 12.8. The Bertz CT molecular complexity index is 1290. The number of carbonyl (C=O) groups excluding carboxylic acids is 2. The molecule has 0 N–H and O–H groups in total. The molecule has 0 spiro atoms. The van der Waals surface area contributed by atoms with Crippen molar-refractivity contribution in [2.75, 3.05) is 47.5 Å². The molecule has 68 heavy (non-hydrogen) atoms. The topological polar surface area (TPSA) is 111 Å². The molecule has 0 heterocycles. The molecule has 0 amide bonds. The summed E-state index contributed by atoms with van der Waals surface area (Å²) in [6.07, 6.45) is 61.5. The molecule has 0 rings (SSSR count). The second-order valence-electron chi connectivity index (χ2n) is 20.3. The largest absolute Gasteiger partial charge is 0.756 e. The normalized spacial score (nSPS) is 13.7. The first-order valence-corrected chi connectivity index (χ1v) is 29.8. The molecule has 2 atom stereocenters. The Kier molecular flexibility index (Phi) is 48.4. The van der Waals surface area contributed by atoms with Crippen LogP contribution in [0, 0.1) is 0 Å². The number of phosphoric ester groups is 1. The van der Waals surface area contributed by atoms with Crippen molar-refractivity contribution in [3.63, 3.8) is 0 Å². The number of hydrogen-bond acceptors (Lipinski definition) is 8. The molecule has 2 unspecified atom stereocenters. The van der Waals surface area contributed by atoms with E-state index in [2.05, 4.69) is 62.5 Å². The third kappa shape index (κ3) is 53.3. The van der Waals surface area contributed by atoms with Crippen molar-refractivity contribution in [3.8, 4) is 0 Å². The number of hydrogen-bond donors (Lipinski definition) is 0. The molecule has 0 bridgehead atoms. The van der Waals surface area contributed by atoms with E-state index in [-0.39, 0.29) is 32.0 Å². The summed E-state index contributed by atoms with van der Waals surface area (Å²) in [6, 6.07) is 0. The van der Waals surface area contributed by atoms with Crippen molar-refractivity contribution >= 4 is 19.8 Å². The molecule has 0 fully saturated rings. The monoisotopic (exact) mass is 978 g/mol. The Morgan fingerprint density at radius 2 is 0.838 bits per heavy atom. The summed E-state index contributed by atoms with van der Waals surface area (Å²) in [5, 5.41) is 0. The van der Waals surface area contributed by atoms with Crippen molar-refractivity contribution in [2.45, 2.75) is 264 Å². The quantitative estimate of drug-likeness (QED) is 0.0195. The standard InChI is InChI=1S/C58H108NO8P/c1-6-8-10-12-14-16-18-20-22-24-26-27-28-29-30-31-33-35-37-39-41-43-45-47-49-51-58(61)67-56(55-66-68(62,63)65-53-52-59(3,4)5)54-64-57(60)50-48-46-44-42-40-38-36-34-32-25-23-21-19-17-15-13-11-9-7-2/h8,10,14,16,20,22,26-27,56H,6-7,9,11-13,15,17-19,21,23-25,28-55H2,1-5H3/b10-8-,16-14-,22-20-,27-26-. The lowest BCUT2D eigenvalue weighted by Crippen LogP contribution is -2.37. The van der Waals surface area contributed by atoms with Gasteiger partial charge in [-0.1, -0.05) is 242 Å². The fraction of sp³-hybridized carbons (Fsp3) is 0.828.